The first kappa shape index (κ1) is 13.4. The summed E-state index contributed by atoms with van der Waals surface area (Å²) in [5.74, 6) is 1.37. The number of hydrogen-bond acceptors (Lipinski definition) is 4. The predicted octanol–water partition coefficient (Wildman–Crippen LogP) is 2.08. The molecule has 0 unspecified atom stereocenters. The van der Waals surface area contributed by atoms with Crippen molar-refractivity contribution in [3.8, 4) is 17.2 Å². The van der Waals surface area contributed by atoms with Crippen LogP contribution < -0.4 is 15.2 Å². The number of nitrogens with zero attached hydrogens (tertiary/aromatic N) is 2. The fourth-order valence-corrected chi connectivity index (χ4v) is 1.95. The Bertz CT molecular complexity index is 570. The molecule has 0 atom stereocenters. The van der Waals surface area contributed by atoms with E-state index in [-0.39, 0.29) is 0 Å². The van der Waals surface area contributed by atoms with Gasteiger partial charge in [0.1, 0.15) is 0 Å². The first-order chi connectivity index (χ1) is 8.97. The van der Waals surface area contributed by atoms with Gasteiger partial charge in [0.2, 0.25) is 0 Å². The van der Waals surface area contributed by atoms with Crippen LogP contribution in [0, 0.1) is 0 Å². The smallest absolute Gasteiger partial charge is 0.162 e. The highest BCUT2D eigenvalue weighted by atomic mass is 16.5. The molecular weight excluding hydrogens is 242 g/mol. The Hall–Kier alpha value is -2.01. The van der Waals surface area contributed by atoms with Crippen molar-refractivity contribution in [3.63, 3.8) is 0 Å². The Morgan fingerprint density at radius 1 is 1.16 bits per heavy atom. The summed E-state index contributed by atoms with van der Waals surface area (Å²) in [7, 11) is 3.23. The third-order valence-electron chi connectivity index (χ3n) is 2.94. The van der Waals surface area contributed by atoms with Crippen LogP contribution in [0.1, 0.15) is 19.5 Å². The highest BCUT2D eigenvalue weighted by molar-refractivity contribution is 5.49. The summed E-state index contributed by atoms with van der Waals surface area (Å²) >= 11 is 0. The molecule has 0 spiro atoms. The topological polar surface area (TPSA) is 62.3 Å². The van der Waals surface area contributed by atoms with Gasteiger partial charge in [-0.15, -0.1) is 0 Å². The minimum atomic E-state index is -0.469. The van der Waals surface area contributed by atoms with Crippen molar-refractivity contribution < 1.29 is 9.47 Å². The van der Waals surface area contributed by atoms with Crippen molar-refractivity contribution >= 4 is 0 Å². The molecule has 0 fully saturated rings. The second kappa shape index (κ2) is 4.93. The zero-order valence-electron chi connectivity index (χ0n) is 11.7. The lowest BCUT2D eigenvalue weighted by atomic mass is 10.0. The fraction of sp³-hybridized carbons (Fsp3) is 0.357. The van der Waals surface area contributed by atoms with Gasteiger partial charge in [0.05, 0.1) is 43.7 Å². The van der Waals surface area contributed by atoms with Crippen LogP contribution in [-0.4, -0.2) is 23.8 Å². The average molecular weight is 261 g/mol. The second-order valence-electron chi connectivity index (χ2n) is 4.91. The third kappa shape index (κ3) is 2.56. The molecule has 19 heavy (non-hydrogen) atoms. The van der Waals surface area contributed by atoms with E-state index < -0.39 is 5.54 Å². The van der Waals surface area contributed by atoms with Crippen LogP contribution in [0.25, 0.3) is 5.69 Å². The van der Waals surface area contributed by atoms with Crippen molar-refractivity contribution in [2.24, 2.45) is 5.73 Å². The Balaban J connectivity index is 2.51. The van der Waals surface area contributed by atoms with Gasteiger partial charge in [-0.1, -0.05) is 0 Å². The van der Waals surface area contributed by atoms with Crippen molar-refractivity contribution in [2.45, 2.75) is 19.4 Å². The fourth-order valence-electron chi connectivity index (χ4n) is 1.95. The molecule has 0 saturated heterocycles. The van der Waals surface area contributed by atoms with Gasteiger partial charge in [0, 0.05) is 6.07 Å². The van der Waals surface area contributed by atoms with Crippen LogP contribution in [0.4, 0.5) is 0 Å². The Morgan fingerprint density at radius 3 is 2.42 bits per heavy atom. The minimum Gasteiger partial charge on any atom is -0.493 e. The summed E-state index contributed by atoms with van der Waals surface area (Å²) in [4.78, 5) is 4.17. The molecule has 2 N–H and O–H groups in total. The molecule has 1 aromatic carbocycles. The average Bonchev–Trinajstić information content (AvgIpc) is 2.87. The molecule has 0 aliphatic rings. The van der Waals surface area contributed by atoms with E-state index in [0.29, 0.717) is 11.5 Å². The maximum absolute atomic E-state index is 6.15. The van der Waals surface area contributed by atoms with E-state index in [1.807, 2.05) is 36.6 Å². The number of imidazole rings is 1. The van der Waals surface area contributed by atoms with Crippen LogP contribution >= 0.6 is 0 Å². The van der Waals surface area contributed by atoms with Crippen molar-refractivity contribution in [1.82, 2.24) is 9.55 Å². The summed E-state index contributed by atoms with van der Waals surface area (Å²) < 4.78 is 12.5. The predicted molar refractivity (Wildman–Crippen MR) is 73.9 cm³/mol. The molecule has 2 rings (SSSR count). The summed E-state index contributed by atoms with van der Waals surface area (Å²) in [5, 5.41) is 0. The Morgan fingerprint density at radius 2 is 1.84 bits per heavy atom. The number of rotatable bonds is 4. The summed E-state index contributed by atoms with van der Waals surface area (Å²) in [5.41, 5.74) is 7.54. The Kier molecular flexibility index (Phi) is 3.48. The maximum atomic E-state index is 6.15. The molecule has 5 nitrogen and oxygen atoms in total. The van der Waals surface area contributed by atoms with Gasteiger partial charge in [0.25, 0.3) is 0 Å². The molecular formula is C14H19N3O2. The maximum Gasteiger partial charge on any atom is 0.162 e. The van der Waals surface area contributed by atoms with Crippen LogP contribution in [0.3, 0.4) is 0 Å². The zero-order chi connectivity index (χ0) is 14.0. The molecule has 0 saturated carbocycles. The highest BCUT2D eigenvalue weighted by Gasteiger charge is 2.20. The first-order valence-corrected chi connectivity index (χ1v) is 6.01. The third-order valence-corrected chi connectivity index (χ3v) is 2.94. The quantitative estimate of drug-likeness (QED) is 0.915. The first-order valence-electron chi connectivity index (χ1n) is 6.01. The number of methoxy groups -OCH3 is 2. The van der Waals surface area contributed by atoms with Gasteiger partial charge in [-0.25, -0.2) is 4.98 Å². The number of nitrogens with two attached hydrogens (primary N) is 1. The summed E-state index contributed by atoms with van der Waals surface area (Å²) in [6, 6.07) is 5.70. The van der Waals surface area contributed by atoms with Crippen molar-refractivity contribution in [1.29, 1.82) is 0 Å². The molecule has 0 bridgehead atoms. The molecule has 5 heteroatoms. The monoisotopic (exact) mass is 261 g/mol. The number of hydrogen-bond donors (Lipinski definition) is 1. The lowest BCUT2D eigenvalue weighted by Gasteiger charge is -2.21. The summed E-state index contributed by atoms with van der Waals surface area (Å²) in [6.07, 6.45) is 3.52. The number of ether oxygens (including phenoxy) is 2. The van der Waals surface area contributed by atoms with Gasteiger partial charge >= 0.3 is 0 Å². The van der Waals surface area contributed by atoms with Gasteiger partial charge in [-0.2, -0.15) is 0 Å². The molecule has 0 aliphatic heterocycles. The summed E-state index contributed by atoms with van der Waals surface area (Å²) in [6.45, 7) is 3.89. The van der Waals surface area contributed by atoms with E-state index in [9.17, 15) is 0 Å². The SMILES string of the molecule is COc1ccc(-n2cncc2C(C)(C)N)cc1OC. The van der Waals surface area contributed by atoms with Crippen LogP contribution in [0.5, 0.6) is 11.5 Å². The molecule has 2 aromatic rings. The molecule has 1 heterocycles. The largest absolute Gasteiger partial charge is 0.493 e. The molecule has 0 amide bonds. The minimum absolute atomic E-state index is 0.469. The molecule has 0 radical (unpaired) electrons. The van der Waals surface area contributed by atoms with Gasteiger partial charge < -0.3 is 19.8 Å². The number of benzene rings is 1. The van der Waals surface area contributed by atoms with Crippen molar-refractivity contribution in [2.75, 3.05) is 14.2 Å². The van der Waals surface area contributed by atoms with Gasteiger partial charge in [0.15, 0.2) is 11.5 Å². The van der Waals surface area contributed by atoms with Gasteiger partial charge in [-0.05, 0) is 26.0 Å². The van der Waals surface area contributed by atoms with Gasteiger partial charge in [-0.3, -0.25) is 0 Å². The molecule has 102 valence electrons. The van der Waals surface area contributed by atoms with E-state index in [0.717, 1.165) is 11.4 Å². The molecule has 1 aromatic heterocycles. The van der Waals surface area contributed by atoms with Crippen LogP contribution in [0.2, 0.25) is 0 Å². The second-order valence-corrected chi connectivity index (χ2v) is 4.91. The van der Waals surface area contributed by atoms with E-state index in [2.05, 4.69) is 4.98 Å². The lowest BCUT2D eigenvalue weighted by molar-refractivity contribution is 0.354. The van der Waals surface area contributed by atoms with Crippen LogP contribution in [-0.2, 0) is 5.54 Å². The van der Waals surface area contributed by atoms with E-state index in [1.54, 1.807) is 26.7 Å². The van der Waals surface area contributed by atoms with E-state index >= 15 is 0 Å². The highest BCUT2D eigenvalue weighted by Crippen LogP contribution is 2.30. The van der Waals surface area contributed by atoms with Crippen molar-refractivity contribution in [3.05, 3.63) is 36.4 Å². The molecule has 0 aliphatic carbocycles. The number of aromatic nitrogens is 2. The normalized spacial score (nSPS) is 11.4. The zero-order valence-corrected chi connectivity index (χ0v) is 11.7. The lowest BCUT2D eigenvalue weighted by Crippen LogP contribution is -2.31. The van der Waals surface area contributed by atoms with E-state index in [4.69, 9.17) is 15.2 Å². The van der Waals surface area contributed by atoms with Crippen LogP contribution in [0.15, 0.2) is 30.7 Å². The standard InChI is InChI=1S/C14H19N3O2/c1-14(2,15)13-8-16-9-17(13)10-5-6-11(18-3)12(7-10)19-4/h5-9H,15H2,1-4H3. The Labute approximate surface area is 113 Å². The van der Waals surface area contributed by atoms with E-state index in [1.165, 1.54) is 0 Å².